The van der Waals surface area contributed by atoms with Crippen LogP contribution in [0.5, 0.6) is 0 Å². The number of hydrogen-bond donors (Lipinski definition) is 3. The molecule has 11 nitrogen and oxygen atoms in total. The van der Waals surface area contributed by atoms with E-state index in [9.17, 15) is 27.6 Å². The number of fused-ring (bicyclic) bond motifs is 1. The Morgan fingerprint density at radius 2 is 1.93 bits per heavy atom. The number of nitrogens with one attached hydrogen (secondary N) is 2. The van der Waals surface area contributed by atoms with Crippen LogP contribution >= 0.6 is 0 Å². The predicted octanol–water partition coefficient (Wildman–Crippen LogP) is -0.206. The van der Waals surface area contributed by atoms with Gasteiger partial charge in [-0.2, -0.15) is 8.42 Å². The average molecular weight is 439 g/mol. The van der Waals surface area contributed by atoms with Crippen molar-refractivity contribution in [2.45, 2.75) is 25.3 Å². The molecular weight excluding hydrogens is 418 g/mol. The number of nitrogens with zero attached hydrogens (tertiary/aromatic N) is 1. The molecule has 1 aromatic carbocycles. The fraction of sp³-hybridized carbons (Fsp3) is 0.444. The standard InChI is InChI=1S/C18H21N3O8S/c22-14-6-5-13(16(23)20-14)21-17(24)11-3-1-4-12(15(11)18(21)25)19-7-9-29-8-2-10-30(26,27)28/h1,3-4,13,19H,2,5-10H2,(H,20,22,23)(H,26,27,28). The van der Waals surface area contributed by atoms with E-state index in [1.54, 1.807) is 12.1 Å². The van der Waals surface area contributed by atoms with E-state index in [4.69, 9.17) is 9.29 Å². The topological polar surface area (TPSA) is 159 Å². The molecule has 0 aliphatic carbocycles. The number of imide groups is 2. The molecule has 12 heteroatoms. The third-order valence-corrected chi connectivity index (χ3v) is 5.53. The summed E-state index contributed by atoms with van der Waals surface area (Å²) >= 11 is 0. The van der Waals surface area contributed by atoms with Crippen molar-refractivity contribution in [1.82, 2.24) is 10.2 Å². The number of ether oxygens (including phenoxy) is 1. The summed E-state index contributed by atoms with van der Waals surface area (Å²) in [7, 11) is -4.02. The summed E-state index contributed by atoms with van der Waals surface area (Å²) in [6, 6.07) is 3.69. The number of anilines is 1. The van der Waals surface area contributed by atoms with Crippen molar-refractivity contribution in [3.63, 3.8) is 0 Å². The third-order valence-electron chi connectivity index (χ3n) is 4.72. The second-order valence-electron chi connectivity index (χ2n) is 6.85. The van der Waals surface area contributed by atoms with Crippen LogP contribution in [0.25, 0.3) is 0 Å². The molecule has 3 rings (SSSR count). The van der Waals surface area contributed by atoms with Crippen molar-refractivity contribution in [3.05, 3.63) is 29.3 Å². The summed E-state index contributed by atoms with van der Waals surface area (Å²) in [5.41, 5.74) is 0.726. The maximum Gasteiger partial charge on any atom is 0.264 e. The lowest BCUT2D eigenvalue weighted by Crippen LogP contribution is -2.54. The number of carbonyl (C=O) groups excluding carboxylic acids is 4. The molecule has 1 unspecified atom stereocenters. The Labute approximate surface area is 172 Å². The highest BCUT2D eigenvalue weighted by Gasteiger charge is 2.45. The van der Waals surface area contributed by atoms with Gasteiger partial charge in [-0.25, -0.2) is 0 Å². The highest BCUT2D eigenvalue weighted by Crippen LogP contribution is 2.32. The predicted molar refractivity (Wildman–Crippen MR) is 103 cm³/mol. The molecule has 30 heavy (non-hydrogen) atoms. The number of amides is 4. The Hall–Kier alpha value is -2.83. The van der Waals surface area contributed by atoms with Crippen molar-refractivity contribution in [1.29, 1.82) is 0 Å². The van der Waals surface area contributed by atoms with Gasteiger partial charge in [-0.3, -0.25) is 33.9 Å². The highest BCUT2D eigenvalue weighted by atomic mass is 32.2. The van der Waals surface area contributed by atoms with Gasteiger partial charge in [-0.15, -0.1) is 0 Å². The first-order chi connectivity index (χ1) is 14.2. The summed E-state index contributed by atoms with van der Waals surface area (Å²) < 4.78 is 35.2. The average Bonchev–Trinajstić information content (AvgIpc) is 2.92. The van der Waals surface area contributed by atoms with E-state index in [0.717, 1.165) is 4.90 Å². The van der Waals surface area contributed by atoms with E-state index in [-0.39, 0.29) is 55.9 Å². The quantitative estimate of drug-likeness (QED) is 0.269. The normalized spacial score (nSPS) is 19.1. The van der Waals surface area contributed by atoms with Crippen LogP contribution in [-0.2, 0) is 24.4 Å². The first-order valence-corrected chi connectivity index (χ1v) is 10.9. The van der Waals surface area contributed by atoms with Crippen molar-refractivity contribution in [3.8, 4) is 0 Å². The highest BCUT2D eigenvalue weighted by molar-refractivity contribution is 7.85. The number of hydrogen-bond acceptors (Lipinski definition) is 8. The zero-order valence-electron chi connectivity index (χ0n) is 15.9. The van der Waals surface area contributed by atoms with Gasteiger partial charge < -0.3 is 10.1 Å². The maximum atomic E-state index is 12.9. The number of rotatable bonds is 9. The van der Waals surface area contributed by atoms with Crippen LogP contribution in [0.1, 0.15) is 40.0 Å². The smallest absolute Gasteiger partial charge is 0.264 e. The Morgan fingerprint density at radius 1 is 1.17 bits per heavy atom. The summed E-state index contributed by atoms with van der Waals surface area (Å²) in [5, 5.41) is 5.15. The second kappa shape index (κ2) is 8.90. The molecule has 2 aliphatic heterocycles. The van der Waals surface area contributed by atoms with Crippen molar-refractivity contribution < 1.29 is 36.9 Å². The summed E-state index contributed by atoms with van der Waals surface area (Å²) in [5.74, 6) is -2.70. The molecule has 2 heterocycles. The van der Waals surface area contributed by atoms with Crippen molar-refractivity contribution in [2.75, 3.05) is 30.8 Å². The van der Waals surface area contributed by atoms with Crippen LogP contribution in [0.15, 0.2) is 18.2 Å². The number of carbonyl (C=O) groups is 4. The van der Waals surface area contributed by atoms with Gasteiger partial charge in [0.15, 0.2) is 0 Å². The number of benzene rings is 1. The van der Waals surface area contributed by atoms with E-state index in [2.05, 4.69) is 10.6 Å². The fourth-order valence-corrected chi connectivity index (χ4v) is 3.85. The largest absolute Gasteiger partial charge is 0.382 e. The summed E-state index contributed by atoms with van der Waals surface area (Å²) in [6.45, 7) is 0.616. The molecule has 0 saturated carbocycles. The van der Waals surface area contributed by atoms with Gasteiger partial charge in [-0.05, 0) is 25.0 Å². The van der Waals surface area contributed by atoms with E-state index >= 15 is 0 Å². The van der Waals surface area contributed by atoms with Crippen LogP contribution in [0.3, 0.4) is 0 Å². The molecule has 1 atom stereocenters. The van der Waals surface area contributed by atoms with Crippen LogP contribution in [0, 0.1) is 0 Å². The van der Waals surface area contributed by atoms with Crippen LogP contribution in [0.2, 0.25) is 0 Å². The molecule has 1 fully saturated rings. The van der Waals surface area contributed by atoms with Gasteiger partial charge in [0.25, 0.3) is 21.9 Å². The zero-order chi connectivity index (χ0) is 21.9. The molecule has 2 aliphatic rings. The van der Waals surface area contributed by atoms with Crippen molar-refractivity contribution in [2.24, 2.45) is 0 Å². The molecule has 0 aromatic heterocycles. The molecule has 0 bridgehead atoms. The molecule has 0 radical (unpaired) electrons. The fourth-order valence-electron chi connectivity index (χ4n) is 3.37. The minimum absolute atomic E-state index is 0.0455. The monoisotopic (exact) mass is 439 g/mol. The van der Waals surface area contributed by atoms with Gasteiger partial charge in [0.1, 0.15) is 6.04 Å². The van der Waals surface area contributed by atoms with Crippen LogP contribution in [-0.4, -0.2) is 73.1 Å². The van der Waals surface area contributed by atoms with Crippen molar-refractivity contribution >= 4 is 39.4 Å². The van der Waals surface area contributed by atoms with E-state index in [0.29, 0.717) is 5.69 Å². The van der Waals surface area contributed by atoms with E-state index in [1.165, 1.54) is 6.07 Å². The van der Waals surface area contributed by atoms with Gasteiger partial charge in [0.05, 0.1) is 23.5 Å². The van der Waals surface area contributed by atoms with Gasteiger partial charge in [0, 0.05) is 25.3 Å². The summed E-state index contributed by atoms with van der Waals surface area (Å²) in [4.78, 5) is 50.0. The Morgan fingerprint density at radius 3 is 2.63 bits per heavy atom. The molecule has 162 valence electrons. The lowest BCUT2D eigenvalue weighted by atomic mass is 10.0. The maximum absolute atomic E-state index is 12.9. The Bertz CT molecular complexity index is 991. The van der Waals surface area contributed by atoms with Crippen LogP contribution in [0.4, 0.5) is 5.69 Å². The third kappa shape index (κ3) is 4.83. The molecule has 1 saturated heterocycles. The zero-order valence-corrected chi connectivity index (χ0v) is 16.7. The Kier molecular flexibility index (Phi) is 6.48. The minimum atomic E-state index is -4.02. The van der Waals surface area contributed by atoms with E-state index < -0.39 is 39.8 Å². The first-order valence-electron chi connectivity index (χ1n) is 9.30. The number of piperidine rings is 1. The molecule has 1 aromatic rings. The van der Waals surface area contributed by atoms with Gasteiger partial charge >= 0.3 is 0 Å². The summed E-state index contributed by atoms with van der Waals surface area (Å²) in [6.07, 6.45) is 0.271. The Balaban J connectivity index is 1.61. The molecular formula is C18H21N3O8S. The first kappa shape index (κ1) is 21.9. The second-order valence-corrected chi connectivity index (χ2v) is 8.43. The van der Waals surface area contributed by atoms with Gasteiger partial charge in [-0.1, -0.05) is 6.07 Å². The SMILES string of the molecule is O=C1CCC(N2C(=O)c3cccc(NCCOCCCS(=O)(=O)O)c3C2=O)C(=O)N1. The van der Waals surface area contributed by atoms with Crippen LogP contribution < -0.4 is 10.6 Å². The minimum Gasteiger partial charge on any atom is -0.382 e. The van der Waals surface area contributed by atoms with Gasteiger partial charge in [0.2, 0.25) is 11.8 Å². The lowest BCUT2D eigenvalue weighted by Gasteiger charge is -2.27. The molecule has 0 spiro atoms. The van der Waals surface area contributed by atoms with E-state index in [1.807, 2.05) is 0 Å². The molecule has 4 amide bonds. The molecule has 3 N–H and O–H groups in total. The lowest BCUT2D eigenvalue weighted by molar-refractivity contribution is -0.136.